The summed E-state index contributed by atoms with van der Waals surface area (Å²) in [6.07, 6.45) is -0.610. The van der Waals surface area contributed by atoms with Gasteiger partial charge in [-0.3, -0.25) is 14.4 Å². The summed E-state index contributed by atoms with van der Waals surface area (Å²) in [4.78, 5) is 40.5. The third kappa shape index (κ3) is 11.1. The van der Waals surface area contributed by atoms with Crippen LogP contribution in [0.1, 0.15) is 85.2 Å². The average Bonchev–Trinajstić information content (AvgIpc) is 2.90. The summed E-state index contributed by atoms with van der Waals surface area (Å²) in [7, 11) is 0. The molecule has 0 aliphatic carbocycles. The smallest absolute Gasteiger partial charge is 0.253 e. The largest absolute Gasteiger partial charge is 0.391 e. The molecule has 8 nitrogen and oxygen atoms in total. The second kappa shape index (κ2) is 16.9. The van der Waals surface area contributed by atoms with E-state index in [4.69, 9.17) is 0 Å². The van der Waals surface area contributed by atoms with Gasteiger partial charge in [-0.1, -0.05) is 27.7 Å². The highest BCUT2D eigenvalue weighted by Crippen LogP contribution is 2.17. The summed E-state index contributed by atoms with van der Waals surface area (Å²) in [5.74, 6) is -2.79. The Morgan fingerprint density at radius 3 is 2.07 bits per heavy atom. The molecule has 0 aliphatic heterocycles. The van der Waals surface area contributed by atoms with Gasteiger partial charge in [0.2, 0.25) is 5.91 Å². The third-order valence-electron chi connectivity index (χ3n) is 6.76. The number of benzene rings is 2. The predicted molar refractivity (Wildman–Crippen MR) is 158 cm³/mol. The summed E-state index contributed by atoms with van der Waals surface area (Å²) >= 11 is 0. The van der Waals surface area contributed by atoms with Crippen LogP contribution >= 0.6 is 0 Å². The van der Waals surface area contributed by atoms with Gasteiger partial charge in [-0.15, -0.1) is 0 Å². The second-order valence-electron chi connectivity index (χ2n) is 11.2. The van der Waals surface area contributed by atoms with Crippen LogP contribution in [0.25, 0.3) is 0 Å². The average molecular weight is 590 g/mol. The highest BCUT2D eigenvalue weighted by atomic mass is 19.1. The van der Waals surface area contributed by atoms with Crippen molar-refractivity contribution in [3.8, 4) is 0 Å². The molecule has 0 saturated carbocycles. The lowest BCUT2D eigenvalue weighted by Crippen LogP contribution is -2.46. The van der Waals surface area contributed by atoms with Crippen LogP contribution in [0.2, 0.25) is 0 Å². The lowest BCUT2D eigenvalue weighted by atomic mass is 9.97. The molecule has 42 heavy (non-hydrogen) atoms. The molecule has 3 atom stereocenters. The van der Waals surface area contributed by atoms with Gasteiger partial charge in [0.1, 0.15) is 17.7 Å². The molecule has 2 aromatic carbocycles. The highest BCUT2D eigenvalue weighted by molar-refractivity contribution is 6.00. The summed E-state index contributed by atoms with van der Waals surface area (Å²) in [6, 6.07) is 6.85. The highest BCUT2D eigenvalue weighted by Gasteiger charge is 2.25. The van der Waals surface area contributed by atoms with E-state index in [0.717, 1.165) is 31.0 Å². The van der Waals surface area contributed by atoms with E-state index in [-0.39, 0.29) is 48.8 Å². The second-order valence-corrected chi connectivity index (χ2v) is 11.2. The summed E-state index contributed by atoms with van der Waals surface area (Å²) in [5.41, 5.74) is 1.50. The first-order valence-corrected chi connectivity index (χ1v) is 14.6. The number of carbonyl (C=O) groups is 3. The lowest BCUT2D eigenvalue weighted by Gasteiger charge is -2.25. The number of nitrogens with zero attached hydrogens (tertiary/aromatic N) is 1. The molecule has 10 heteroatoms. The molecule has 4 N–H and O–H groups in total. The van der Waals surface area contributed by atoms with Crippen molar-refractivity contribution in [1.29, 1.82) is 0 Å². The summed E-state index contributed by atoms with van der Waals surface area (Å²) in [5, 5.41) is 26.4. The molecule has 2 rings (SSSR count). The number of aliphatic hydroxyl groups is 2. The van der Waals surface area contributed by atoms with Gasteiger partial charge < -0.3 is 25.7 Å². The van der Waals surface area contributed by atoms with Gasteiger partial charge in [0, 0.05) is 36.8 Å². The van der Waals surface area contributed by atoms with Crippen LogP contribution in [-0.4, -0.2) is 70.7 Å². The zero-order valence-corrected chi connectivity index (χ0v) is 25.3. The van der Waals surface area contributed by atoms with Gasteiger partial charge in [-0.2, -0.15) is 0 Å². The Bertz CT molecular complexity index is 1180. The minimum atomic E-state index is -1.21. The molecule has 0 aromatic heterocycles. The van der Waals surface area contributed by atoms with Gasteiger partial charge in [-0.25, -0.2) is 8.78 Å². The molecule has 0 saturated heterocycles. The number of rotatable bonds is 16. The minimum Gasteiger partial charge on any atom is -0.391 e. The van der Waals surface area contributed by atoms with E-state index in [1.54, 1.807) is 24.0 Å². The quantitative estimate of drug-likeness (QED) is 0.235. The first kappa shape index (κ1) is 34.8. The van der Waals surface area contributed by atoms with E-state index in [0.29, 0.717) is 24.2 Å². The Hall–Kier alpha value is -3.37. The molecule has 2 aromatic rings. The Morgan fingerprint density at radius 1 is 0.905 bits per heavy atom. The molecule has 0 spiro atoms. The number of amides is 3. The van der Waals surface area contributed by atoms with Crippen LogP contribution in [0.5, 0.6) is 0 Å². The van der Waals surface area contributed by atoms with E-state index < -0.39 is 41.7 Å². The van der Waals surface area contributed by atoms with E-state index in [9.17, 15) is 33.4 Å². The fourth-order valence-corrected chi connectivity index (χ4v) is 4.81. The number of halogens is 2. The van der Waals surface area contributed by atoms with Gasteiger partial charge in [-0.05, 0) is 86.4 Å². The van der Waals surface area contributed by atoms with Crippen molar-refractivity contribution < 1.29 is 33.4 Å². The van der Waals surface area contributed by atoms with Crippen LogP contribution in [-0.2, 0) is 11.2 Å². The maximum Gasteiger partial charge on any atom is 0.253 e. The van der Waals surface area contributed by atoms with Crippen LogP contribution in [0.3, 0.4) is 0 Å². The lowest BCUT2D eigenvalue weighted by molar-refractivity contribution is -0.130. The molecule has 1 unspecified atom stereocenters. The Kier molecular flexibility index (Phi) is 14.0. The van der Waals surface area contributed by atoms with Crippen molar-refractivity contribution in [3.63, 3.8) is 0 Å². The topological polar surface area (TPSA) is 119 Å². The van der Waals surface area contributed by atoms with Crippen LogP contribution in [0.4, 0.5) is 8.78 Å². The van der Waals surface area contributed by atoms with E-state index in [1.165, 1.54) is 6.07 Å². The Labute approximate surface area is 247 Å². The van der Waals surface area contributed by atoms with Gasteiger partial charge in [0.25, 0.3) is 11.8 Å². The molecule has 3 amide bonds. The number of hydrogen-bond acceptors (Lipinski definition) is 5. The standard InChI is InChI=1S/C32H45F2N3O5/c1-6-10-37(11-7-2)32(42)24-14-21(5)13-23(18-24)30(40)36-27(17-22-15-25(33)19-26(34)16-22)28(38)8-9-35-31(41)29(39)12-20(3)4/h13-16,18-20,27-29,38-39H,6-12,17H2,1-5H3,(H,35,41)(H,36,40)/t27-,28+,29?/m0/s1. The van der Waals surface area contributed by atoms with E-state index in [2.05, 4.69) is 10.6 Å². The molecular weight excluding hydrogens is 544 g/mol. The first-order valence-electron chi connectivity index (χ1n) is 14.6. The summed E-state index contributed by atoms with van der Waals surface area (Å²) in [6.45, 7) is 10.7. The van der Waals surface area contributed by atoms with Crippen molar-refractivity contribution in [3.05, 3.63) is 70.3 Å². The Balaban J connectivity index is 2.25. The number of aliphatic hydroxyl groups excluding tert-OH is 2. The molecule has 0 bridgehead atoms. The SMILES string of the molecule is CCCN(CCC)C(=O)c1cc(C)cc(C(=O)N[C@@H](Cc2cc(F)cc(F)c2)[C@H](O)CCNC(=O)C(O)CC(C)C)c1. The van der Waals surface area contributed by atoms with Gasteiger partial charge in [0.05, 0.1) is 12.1 Å². The van der Waals surface area contributed by atoms with E-state index in [1.807, 2.05) is 27.7 Å². The first-order chi connectivity index (χ1) is 19.8. The number of nitrogens with one attached hydrogen (secondary N) is 2. The van der Waals surface area contributed by atoms with Crippen LogP contribution in [0, 0.1) is 24.5 Å². The fraction of sp³-hybridized carbons (Fsp3) is 0.531. The van der Waals surface area contributed by atoms with E-state index >= 15 is 0 Å². The molecule has 232 valence electrons. The number of carbonyl (C=O) groups excluding carboxylic acids is 3. The van der Waals surface area contributed by atoms with Crippen molar-refractivity contribution in [2.24, 2.45) is 5.92 Å². The molecular formula is C32H45F2N3O5. The van der Waals surface area contributed by atoms with Crippen LogP contribution < -0.4 is 10.6 Å². The molecule has 0 heterocycles. The predicted octanol–water partition coefficient (Wildman–Crippen LogP) is 4.15. The maximum atomic E-state index is 13.9. The molecule has 0 fully saturated rings. The number of aryl methyl sites for hydroxylation is 1. The van der Waals surface area contributed by atoms with Crippen LogP contribution in [0.15, 0.2) is 36.4 Å². The van der Waals surface area contributed by atoms with Crippen molar-refractivity contribution in [2.75, 3.05) is 19.6 Å². The third-order valence-corrected chi connectivity index (χ3v) is 6.76. The fourth-order valence-electron chi connectivity index (χ4n) is 4.81. The Morgan fingerprint density at radius 2 is 1.50 bits per heavy atom. The zero-order chi connectivity index (χ0) is 31.4. The zero-order valence-electron chi connectivity index (χ0n) is 25.3. The normalized spacial score (nSPS) is 13.4. The van der Waals surface area contributed by atoms with Crippen molar-refractivity contribution in [1.82, 2.24) is 15.5 Å². The van der Waals surface area contributed by atoms with Gasteiger partial charge >= 0.3 is 0 Å². The maximum absolute atomic E-state index is 13.9. The summed E-state index contributed by atoms with van der Waals surface area (Å²) < 4.78 is 27.8. The number of hydrogen-bond donors (Lipinski definition) is 4. The van der Waals surface area contributed by atoms with Gasteiger partial charge in [0.15, 0.2) is 0 Å². The van der Waals surface area contributed by atoms with Crippen molar-refractivity contribution >= 4 is 17.7 Å². The minimum absolute atomic E-state index is 0.00340. The van der Waals surface area contributed by atoms with Crippen molar-refractivity contribution in [2.45, 2.75) is 85.0 Å². The molecule has 0 radical (unpaired) electrons. The molecule has 0 aliphatic rings. The monoisotopic (exact) mass is 589 g/mol.